The Morgan fingerprint density at radius 1 is 1.21 bits per heavy atom. The van der Waals surface area contributed by atoms with E-state index in [0.29, 0.717) is 37.5 Å². The van der Waals surface area contributed by atoms with E-state index in [0.717, 1.165) is 18.1 Å². The highest BCUT2D eigenvalue weighted by molar-refractivity contribution is 7.99. The minimum atomic E-state index is -0.0735. The van der Waals surface area contributed by atoms with E-state index in [4.69, 9.17) is 4.74 Å². The maximum Gasteiger partial charge on any atom is 0.254 e. The van der Waals surface area contributed by atoms with Gasteiger partial charge in [-0.3, -0.25) is 14.9 Å². The van der Waals surface area contributed by atoms with Crippen molar-refractivity contribution >= 4 is 23.6 Å². The topological polar surface area (TPSA) is 61.9 Å². The molecule has 2 fully saturated rings. The molecule has 0 bridgehead atoms. The van der Waals surface area contributed by atoms with Crippen LogP contribution in [0.25, 0.3) is 0 Å². The Morgan fingerprint density at radius 3 is 2.75 bits per heavy atom. The molecular weight excluding hydrogens is 326 g/mol. The van der Waals surface area contributed by atoms with Gasteiger partial charge in [0.1, 0.15) is 5.75 Å². The van der Waals surface area contributed by atoms with Gasteiger partial charge in [-0.1, -0.05) is 6.07 Å². The summed E-state index contributed by atoms with van der Waals surface area (Å²) in [5.41, 5.74) is 0.628. The fourth-order valence-corrected chi connectivity index (χ4v) is 3.99. The third-order valence-electron chi connectivity index (χ3n) is 4.43. The number of carbonyl (C=O) groups is 2. The largest absolute Gasteiger partial charge is 0.497 e. The number of hydrogen-bond donors (Lipinski definition) is 1. The number of carbonyl (C=O) groups excluding carboxylic acids is 2. The molecular formula is C17H23N3O3S. The van der Waals surface area contributed by atoms with Gasteiger partial charge >= 0.3 is 0 Å². The molecule has 130 valence electrons. The number of nitrogens with one attached hydrogen (secondary N) is 1. The van der Waals surface area contributed by atoms with Crippen LogP contribution in [-0.2, 0) is 4.79 Å². The van der Waals surface area contributed by atoms with Gasteiger partial charge in [-0.2, -0.15) is 0 Å². The van der Waals surface area contributed by atoms with E-state index < -0.39 is 0 Å². The molecule has 2 amide bonds. The zero-order valence-electron chi connectivity index (χ0n) is 13.9. The van der Waals surface area contributed by atoms with Gasteiger partial charge in [0.15, 0.2) is 0 Å². The van der Waals surface area contributed by atoms with Crippen molar-refractivity contribution in [3.8, 4) is 5.75 Å². The quantitative estimate of drug-likeness (QED) is 0.883. The number of benzene rings is 1. The fraction of sp³-hybridized carbons (Fsp3) is 0.529. The van der Waals surface area contributed by atoms with Gasteiger partial charge in [0.2, 0.25) is 5.91 Å². The molecule has 3 rings (SSSR count). The Kier molecular flexibility index (Phi) is 5.63. The highest BCUT2D eigenvalue weighted by Crippen LogP contribution is 2.17. The van der Waals surface area contributed by atoms with E-state index in [1.165, 1.54) is 0 Å². The second-order valence-corrected chi connectivity index (χ2v) is 7.01. The molecule has 1 atom stereocenters. The Labute approximate surface area is 146 Å². The Hall–Kier alpha value is -1.73. The molecule has 2 heterocycles. The summed E-state index contributed by atoms with van der Waals surface area (Å²) in [6, 6.07) is 7.14. The summed E-state index contributed by atoms with van der Waals surface area (Å²) in [5.74, 6) is 2.51. The molecule has 7 heteroatoms. The number of hydrogen-bond acceptors (Lipinski definition) is 5. The van der Waals surface area contributed by atoms with Crippen LogP contribution >= 0.6 is 11.8 Å². The summed E-state index contributed by atoms with van der Waals surface area (Å²) in [5, 5.41) is 3.22. The molecule has 6 nitrogen and oxygen atoms in total. The first kappa shape index (κ1) is 17.1. The van der Waals surface area contributed by atoms with Crippen molar-refractivity contribution in [3.63, 3.8) is 0 Å². The average molecular weight is 349 g/mol. The van der Waals surface area contributed by atoms with Crippen LogP contribution in [0, 0.1) is 0 Å². The molecule has 0 aliphatic carbocycles. The van der Waals surface area contributed by atoms with Crippen molar-refractivity contribution in [3.05, 3.63) is 29.8 Å². The second-order valence-electron chi connectivity index (χ2n) is 5.97. The number of thioether (sulfide) groups is 1. The van der Waals surface area contributed by atoms with Crippen LogP contribution in [0.4, 0.5) is 0 Å². The van der Waals surface area contributed by atoms with E-state index in [-0.39, 0.29) is 17.9 Å². The number of methoxy groups -OCH3 is 1. The Morgan fingerprint density at radius 2 is 2.00 bits per heavy atom. The summed E-state index contributed by atoms with van der Waals surface area (Å²) in [4.78, 5) is 28.9. The fourth-order valence-electron chi connectivity index (χ4n) is 3.05. The lowest BCUT2D eigenvalue weighted by molar-refractivity contribution is -0.132. The van der Waals surface area contributed by atoms with Gasteiger partial charge in [-0.05, 0) is 24.6 Å². The molecule has 1 unspecified atom stereocenters. The maximum absolute atomic E-state index is 12.7. The van der Waals surface area contributed by atoms with Crippen molar-refractivity contribution in [1.29, 1.82) is 0 Å². The van der Waals surface area contributed by atoms with Gasteiger partial charge in [-0.25, -0.2) is 0 Å². The van der Waals surface area contributed by atoms with Crippen LogP contribution in [0.15, 0.2) is 24.3 Å². The molecule has 1 N–H and O–H groups in total. The molecule has 24 heavy (non-hydrogen) atoms. The maximum atomic E-state index is 12.7. The first-order valence-corrected chi connectivity index (χ1v) is 9.38. The lowest BCUT2D eigenvalue weighted by atomic mass is 10.2. The van der Waals surface area contributed by atoms with Gasteiger partial charge in [0.25, 0.3) is 5.91 Å². The van der Waals surface area contributed by atoms with Gasteiger partial charge in [0.05, 0.1) is 13.2 Å². The summed E-state index contributed by atoms with van der Waals surface area (Å²) in [7, 11) is 1.59. The van der Waals surface area contributed by atoms with E-state index in [2.05, 4.69) is 5.32 Å². The smallest absolute Gasteiger partial charge is 0.254 e. The Bertz CT molecular complexity index is 604. The summed E-state index contributed by atoms with van der Waals surface area (Å²) >= 11 is 1.75. The van der Waals surface area contributed by atoms with Crippen LogP contribution in [0.3, 0.4) is 0 Å². The molecule has 0 aromatic heterocycles. The zero-order chi connectivity index (χ0) is 16.9. The van der Waals surface area contributed by atoms with Crippen molar-refractivity contribution in [1.82, 2.24) is 15.1 Å². The van der Waals surface area contributed by atoms with Crippen LogP contribution in [-0.4, -0.2) is 72.6 Å². The highest BCUT2D eigenvalue weighted by Gasteiger charge is 2.29. The van der Waals surface area contributed by atoms with E-state index >= 15 is 0 Å². The molecule has 1 aromatic rings. The van der Waals surface area contributed by atoms with Crippen LogP contribution < -0.4 is 10.1 Å². The number of ether oxygens (including phenoxy) is 1. The molecule has 0 radical (unpaired) electrons. The molecule has 0 spiro atoms. The molecule has 2 saturated heterocycles. The van der Waals surface area contributed by atoms with Crippen molar-refractivity contribution in [2.45, 2.75) is 12.5 Å². The van der Waals surface area contributed by atoms with Crippen LogP contribution in [0.2, 0.25) is 0 Å². The number of nitrogens with zero attached hydrogens (tertiary/aromatic N) is 2. The first-order valence-electron chi connectivity index (χ1n) is 8.22. The van der Waals surface area contributed by atoms with E-state index in [1.54, 1.807) is 31.0 Å². The molecule has 2 aliphatic rings. The Balaban J connectivity index is 1.62. The van der Waals surface area contributed by atoms with Gasteiger partial charge in [-0.15, -0.1) is 11.8 Å². The van der Waals surface area contributed by atoms with E-state index in [1.807, 2.05) is 21.9 Å². The lowest BCUT2D eigenvalue weighted by Crippen LogP contribution is -2.46. The lowest BCUT2D eigenvalue weighted by Gasteiger charge is -2.24. The van der Waals surface area contributed by atoms with Gasteiger partial charge < -0.3 is 14.5 Å². The van der Waals surface area contributed by atoms with Crippen LogP contribution in [0.5, 0.6) is 5.75 Å². The third kappa shape index (κ3) is 3.84. The van der Waals surface area contributed by atoms with E-state index in [9.17, 15) is 9.59 Å². The number of rotatable bonds is 3. The molecule has 1 aromatic carbocycles. The average Bonchev–Trinajstić information content (AvgIpc) is 3.05. The van der Waals surface area contributed by atoms with Crippen molar-refractivity contribution in [2.75, 3.05) is 44.9 Å². The minimum absolute atomic E-state index is 0.00209. The SMILES string of the molecule is COc1cccc(C(=O)N2CCCN(C(=O)C3CSCN3)CC2)c1. The van der Waals surface area contributed by atoms with Gasteiger partial charge in [0, 0.05) is 43.4 Å². The molecule has 0 saturated carbocycles. The summed E-state index contributed by atoms with van der Waals surface area (Å²) in [6.07, 6.45) is 0.807. The van der Waals surface area contributed by atoms with Crippen molar-refractivity contribution < 1.29 is 14.3 Å². The highest BCUT2D eigenvalue weighted by atomic mass is 32.2. The zero-order valence-corrected chi connectivity index (χ0v) is 14.7. The summed E-state index contributed by atoms with van der Waals surface area (Å²) in [6.45, 7) is 2.55. The predicted octanol–water partition coefficient (Wildman–Crippen LogP) is 1.03. The predicted molar refractivity (Wildman–Crippen MR) is 94.3 cm³/mol. The third-order valence-corrected chi connectivity index (χ3v) is 5.37. The van der Waals surface area contributed by atoms with Crippen molar-refractivity contribution in [2.24, 2.45) is 0 Å². The normalized spacial score (nSPS) is 21.5. The molecule has 2 aliphatic heterocycles. The monoisotopic (exact) mass is 349 g/mol. The minimum Gasteiger partial charge on any atom is -0.497 e. The second kappa shape index (κ2) is 7.90. The standard InChI is InChI=1S/C17H23N3O3S/c1-23-14-5-2-4-13(10-14)16(21)19-6-3-7-20(9-8-19)17(22)15-11-24-12-18-15/h2,4-5,10,15,18H,3,6-9,11-12H2,1H3. The number of amides is 2. The van der Waals surface area contributed by atoms with Crippen LogP contribution in [0.1, 0.15) is 16.8 Å². The first-order chi connectivity index (χ1) is 11.7. The summed E-state index contributed by atoms with van der Waals surface area (Å²) < 4.78 is 5.19.